The molecule has 2 amide bonds. The van der Waals surface area contributed by atoms with Crippen molar-refractivity contribution in [1.29, 1.82) is 0 Å². The van der Waals surface area contributed by atoms with Gasteiger partial charge in [0.2, 0.25) is 5.16 Å². The van der Waals surface area contributed by atoms with E-state index < -0.39 is 6.29 Å². The number of tetrazole rings is 1. The molecule has 8 rings (SSSR count). The van der Waals surface area contributed by atoms with Crippen LogP contribution in [0, 0.1) is 17.8 Å². The van der Waals surface area contributed by atoms with Crippen molar-refractivity contribution in [2.24, 2.45) is 24.8 Å². The minimum atomic E-state index is -0.570. The largest absolute Gasteiger partial charge is 0.392 e. The van der Waals surface area contributed by atoms with Gasteiger partial charge in [0, 0.05) is 36.0 Å². The molecular weight excluding hydrogens is 552 g/mol. The lowest BCUT2D eigenvalue weighted by molar-refractivity contribution is -0.245. The number of thioether (sulfide) groups is 1. The Hall–Kier alpha value is -2.99. The Morgan fingerprint density at radius 3 is 2.26 bits per heavy atom. The van der Waals surface area contributed by atoms with E-state index in [4.69, 9.17) is 9.47 Å². The van der Waals surface area contributed by atoms with Gasteiger partial charge in [0.15, 0.2) is 6.29 Å². The van der Waals surface area contributed by atoms with Crippen molar-refractivity contribution in [3.8, 4) is 0 Å². The Bertz CT molecular complexity index is 1360. The lowest BCUT2D eigenvalue weighted by atomic mass is 9.53. The molecule has 4 bridgehead atoms. The maximum absolute atomic E-state index is 13.1. The van der Waals surface area contributed by atoms with Crippen molar-refractivity contribution < 1.29 is 19.4 Å². The second kappa shape index (κ2) is 11.6. The molecule has 0 spiro atoms. The highest BCUT2D eigenvalue weighted by Gasteiger charge is 2.51. The van der Waals surface area contributed by atoms with E-state index in [0.29, 0.717) is 12.2 Å². The van der Waals surface area contributed by atoms with Gasteiger partial charge in [-0.25, -0.2) is 9.48 Å². The van der Waals surface area contributed by atoms with Crippen LogP contribution < -0.4 is 10.6 Å². The minimum absolute atomic E-state index is 0.00346. The van der Waals surface area contributed by atoms with Crippen LogP contribution in [0.2, 0.25) is 0 Å². The molecule has 10 nitrogen and oxygen atoms in total. The molecule has 1 aliphatic heterocycles. The molecule has 11 heteroatoms. The number of nitrogens with zero attached hydrogens (tertiary/aromatic N) is 4. The van der Waals surface area contributed by atoms with Gasteiger partial charge in [-0.15, -0.1) is 5.10 Å². The van der Waals surface area contributed by atoms with Gasteiger partial charge in [0.05, 0.1) is 18.8 Å². The molecule has 1 saturated heterocycles. The van der Waals surface area contributed by atoms with Gasteiger partial charge in [-0.3, -0.25) is 0 Å². The van der Waals surface area contributed by atoms with Crippen LogP contribution in [0.4, 0.5) is 10.5 Å². The Morgan fingerprint density at radius 1 is 0.976 bits per heavy atom. The average Bonchev–Trinajstić information content (AvgIpc) is 3.39. The summed E-state index contributed by atoms with van der Waals surface area (Å²) < 4.78 is 14.5. The number of hydrogen-bond acceptors (Lipinski definition) is 8. The highest BCUT2D eigenvalue weighted by atomic mass is 32.2. The van der Waals surface area contributed by atoms with Crippen LogP contribution in [0.5, 0.6) is 0 Å². The molecule has 3 atom stereocenters. The number of aromatic nitrogens is 4. The third-order valence-corrected chi connectivity index (χ3v) is 10.6. The zero-order valence-corrected chi connectivity index (χ0v) is 24.6. The second-order valence-corrected chi connectivity index (χ2v) is 13.6. The molecular formula is C31H38N6O4S. The fourth-order valence-corrected chi connectivity index (χ4v) is 8.79. The number of urea groups is 1. The summed E-state index contributed by atoms with van der Waals surface area (Å²) in [6, 6.07) is 15.5. The van der Waals surface area contributed by atoms with E-state index in [9.17, 15) is 9.90 Å². The number of benzene rings is 2. The van der Waals surface area contributed by atoms with Crippen LogP contribution in [-0.2, 0) is 23.1 Å². The summed E-state index contributed by atoms with van der Waals surface area (Å²) in [5.41, 5.74) is 3.50. The molecule has 3 aromatic rings. The lowest BCUT2D eigenvalue weighted by Crippen LogP contribution is -2.60. The maximum Gasteiger partial charge on any atom is 0.319 e. The number of amides is 2. The van der Waals surface area contributed by atoms with Crippen molar-refractivity contribution in [1.82, 2.24) is 25.5 Å². The SMILES string of the molecule is Cn1nnnc1SC[C@@H]1C[C@H](c2ccc(CO)cc2)O[C@H](c2ccc(NC(=O)NC34CC5CC(CC(C5)C3)C4)cc2)O1. The van der Waals surface area contributed by atoms with Gasteiger partial charge in [-0.2, -0.15) is 0 Å². The van der Waals surface area contributed by atoms with Crippen LogP contribution >= 0.6 is 11.8 Å². The summed E-state index contributed by atoms with van der Waals surface area (Å²) in [7, 11) is 1.82. The molecule has 42 heavy (non-hydrogen) atoms. The predicted molar refractivity (Wildman–Crippen MR) is 157 cm³/mol. The maximum atomic E-state index is 13.1. The number of aliphatic hydroxyl groups excluding tert-OH is 1. The van der Waals surface area contributed by atoms with Gasteiger partial charge in [0.1, 0.15) is 0 Å². The summed E-state index contributed by atoms with van der Waals surface area (Å²) >= 11 is 1.55. The fraction of sp³-hybridized carbons (Fsp3) is 0.548. The lowest BCUT2D eigenvalue weighted by Gasteiger charge is -2.56. The Labute approximate surface area is 249 Å². The number of carbonyl (C=O) groups is 1. The Morgan fingerprint density at radius 2 is 1.64 bits per heavy atom. The van der Waals surface area contributed by atoms with E-state index in [1.807, 2.05) is 55.6 Å². The number of aliphatic hydroxyl groups is 1. The molecule has 3 N–H and O–H groups in total. The quantitative estimate of drug-likeness (QED) is 0.309. The number of carbonyl (C=O) groups excluding carboxylic acids is 1. The fourth-order valence-electron chi connectivity index (χ4n) is 7.92. The average molecular weight is 591 g/mol. The third kappa shape index (κ3) is 5.92. The minimum Gasteiger partial charge on any atom is -0.392 e. The summed E-state index contributed by atoms with van der Waals surface area (Å²) in [6.45, 7) is 0.00346. The van der Waals surface area contributed by atoms with E-state index in [2.05, 4.69) is 26.2 Å². The number of aryl methyl sites for hydroxylation is 1. The standard InChI is InChI=1S/C31H38N6O4S/c1-37-30(34-35-36-37)42-18-26-13-27(23-4-2-19(17-38)3-5-23)41-28(40-26)24-6-8-25(9-7-24)32-29(39)33-31-14-20-10-21(15-31)12-22(11-20)16-31/h2-9,20-22,26-28,38H,10-18H2,1H3,(H2,32,33,39)/t20?,21?,22?,26-,27+,28+,31?/m0/s1. The van der Waals surface area contributed by atoms with Crippen molar-refractivity contribution in [2.75, 3.05) is 11.1 Å². The number of anilines is 1. The highest BCUT2D eigenvalue weighted by Crippen LogP contribution is 2.55. The third-order valence-electron chi connectivity index (χ3n) is 9.45. The van der Waals surface area contributed by atoms with Crippen LogP contribution in [0.25, 0.3) is 0 Å². The van der Waals surface area contributed by atoms with Crippen LogP contribution in [0.3, 0.4) is 0 Å². The zero-order valence-electron chi connectivity index (χ0n) is 23.8. The molecule has 5 fully saturated rings. The molecule has 0 unspecified atom stereocenters. The van der Waals surface area contributed by atoms with Gasteiger partial charge in [-0.05, 0) is 90.0 Å². The van der Waals surface area contributed by atoms with Crippen LogP contribution in [-0.4, -0.2) is 48.7 Å². The molecule has 5 aliphatic rings. The second-order valence-electron chi connectivity index (χ2n) is 12.6. The number of ether oxygens (including phenoxy) is 2. The highest BCUT2D eigenvalue weighted by molar-refractivity contribution is 7.99. The Balaban J connectivity index is 1.02. The van der Waals surface area contributed by atoms with Crippen molar-refractivity contribution in [2.45, 2.75) is 80.7 Å². The first-order valence-corrected chi connectivity index (χ1v) is 16.0. The first-order valence-electron chi connectivity index (χ1n) is 15.0. The predicted octanol–water partition coefficient (Wildman–Crippen LogP) is 5.13. The summed E-state index contributed by atoms with van der Waals surface area (Å²) in [6.07, 6.45) is 7.25. The van der Waals surface area contributed by atoms with E-state index in [1.54, 1.807) is 16.4 Å². The summed E-state index contributed by atoms with van der Waals surface area (Å²) in [5, 5.41) is 28.4. The Kier molecular flexibility index (Phi) is 7.68. The normalized spacial score (nSPS) is 31.7. The van der Waals surface area contributed by atoms with Gasteiger partial charge in [0.25, 0.3) is 0 Å². The van der Waals surface area contributed by atoms with Crippen LogP contribution in [0.1, 0.15) is 74.0 Å². The number of rotatable bonds is 8. The molecule has 4 aliphatic carbocycles. The smallest absolute Gasteiger partial charge is 0.319 e. The van der Waals surface area contributed by atoms with Gasteiger partial charge < -0.3 is 25.2 Å². The van der Waals surface area contributed by atoms with E-state index >= 15 is 0 Å². The van der Waals surface area contributed by atoms with E-state index in [1.165, 1.54) is 19.3 Å². The zero-order chi connectivity index (χ0) is 28.7. The van der Waals surface area contributed by atoms with Gasteiger partial charge >= 0.3 is 6.03 Å². The van der Waals surface area contributed by atoms with Gasteiger partial charge in [-0.1, -0.05) is 48.2 Å². The molecule has 4 saturated carbocycles. The topological polar surface area (TPSA) is 123 Å². The van der Waals surface area contributed by atoms with E-state index in [0.717, 1.165) is 64.6 Å². The number of nitrogens with one attached hydrogen (secondary N) is 2. The van der Waals surface area contributed by atoms with Crippen molar-refractivity contribution in [3.05, 3.63) is 65.2 Å². The first kappa shape index (κ1) is 27.8. The summed E-state index contributed by atoms with van der Waals surface area (Å²) in [5.74, 6) is 3.01. The molecule has 1 aromatic heterocycles. The molecule has 0 radical (unpaired) electrons. The van der Waals surface area contributed by atoms with Crippen molar-refractivity contribution in [3.63, 3.8) is 0 Å². The first-order chi connectivity index (χ1) is 20.4. The van der Waals surface area contributed by atoms with E-state index in [-0.39, 0.29) is 30.4 Å². The number of hydrogen-bond donors (Lipinski definition) is 3. The van der Waals surface area contributed by atoms with Crippen LogP contribution in [0.15, 0.2) is 53.7 Å². The monoisotopic (exact) mass is 590 g/mol. The molecule has 222 valence electrons. The molecule has 2 aromatic carbocycles. The molecule has 2 heterocycles. The summed E-state index contributed by atoms with van der Waals surface area (Å²) in [4.78, 5) is 13.1. The van der Waals surface area contributed by atoms with Crippen molar-refractivity contribution >= 4 is 23.5 Å².